The minimum absolute atomic E-state index is 0.120. The van der Waals surface area contributed by atoms with Crippen LogP contribution < -0.4 is 15.0 Å². The maximum absolute atomic E-state index is 13.5. The molecule has 32 heavy (non-hydrogen) atoms. The van der Waals surface area contributed by atoms with E-state index in [4.69, 9.17) is 9.47 Å². The molecular weight excluding hydrogens is 410 g/mol. The SMILES string of the molecule is CCCn1ccc2c3cc(OC)c(CO)c(CO)c3c3cc(CO)c(OC)cc3c2c1=O. The number of rotatable bonds is 7. The Bertz CT molecular complexity index is 1390. The van der Waals surface area contributed by atoms with Crippen LogP contribution in [0.4, 0.5) is 0 Å². The highest BCUT2D eigenvalue weighted by atomic mass is 16.5. The molecule has 0 radical (unpaired) electrons. The lowest BCUT2D eigenvalue weighted by atomic mass is 9.89. The van der Waals surface area contributed by atoms with E-state index in [1.165, 1.54) is 14.2 Å². The maximum atomic E-state index is 13.5. The number of ether oxygens (including phenoxy) is 2. The lowest BCUT2D eigenvalue weighted by Gasteiger charge is -2.20. The number of pyridine rings is 1. The first kappa shape index (κ1) is 22.1. The Labute approximate surface area is 185 Å². The third kappa shape index (κ3) is 3.21. The van der Waals surface area contributed by atoms with Crippen LogP contribution in [0.2, 0.25) is 0 Å². The van der Waals surface area contributed by atoms with E-state index in [-0.39, 0.29) is 25.4 Å². The first-order chi connectivity index (χ1) is 15.5. The number of hydrogen-bond donors (Lipinski definition) is 3. The lowest BCUT2D eigenvalue weighted by Crippen LogP contribution is -2.19. The minimum Gasteiger partial charge on any atom is -0.496 e. The molecule has 3 N–H and O–H groups in total. The Morgan fingerprint density at radius 1 is 0.812 bits per heavy atom. The third-order valence-corrected chi connectivity index (χ3v) is 6.09. The monoisotopic (exact) mass is 437 g/mol. The van der Waals surface area contributed by atoms with E-state index >= 15 is 0 Å². The van der Waals surface area contributed by atoms with Gasteiger partial charge in [-0.1, -0.05) is 6.92 Å². The van der Waals surface area contributed by atoms with Crippen LogP contribution in [0.3, 0.4) is 0 Å². The zero-order valence-corrected chi connectivity index (χ0v) is 18.4. The van der Waals surface area contributed by atoms with Crippen molar-refractivity contribution in [2.75, 3.05) is 14.2 Å². The summed E-state index contributed by atoms with van der Waals surface area (Å²) in [4.78, 5) is 13.5. The second-order valence-corrected chi connectivity index (χ2v) is 7.75. The molecule has 0 fully saturated rings. The standard InChI is InChI=1S/C25H27NO6/c1-4-6-26-7-5-15-17-10-22(32-3)19(12-28)20(13-29)23(17)16-8-14(11-27)21(31-2)9-18(16)24(15)25(26)30/h5,7-10,27-29H,4,6,11-13H2,1-3H3. The number of aromatic nitrogens is 1. The molecule has 0 bridgehead atoms. The fraction of sp³-hybridized carbons (Fsp3) is 0.320. The van der Waals surface area contributed by atoms with E-state index in [1.54, 1.807) is 29.0 Å². The van der Waals surface area contributed by atoms with Gasteiger partial charge >= 0.3 is 0 Å². The van der Waals surface area contributed by atoms with Crippen LogP contribution in [0.15, 0.2) is 35.3 Å². The average molecular weight is 437 g/mol. The van der Waals surface area contributed by atoms with Crippen molar-refractivity contribution in [2.24, 2.45) is 0 Å². The van der Waals surface area contributed by atoms with Crippen molar-refractivity contribution in [3.8, 4) is 11.5 Å². The molecular formula is C25H27NO6. The van der Waals surface area contributed by atoms with Crippen LogP contribution >= 0.6 is 0 Å². The van der Waals surface area contributed by atoms with Crippen molar-refractivity contribution in [2.45, 2.75) is 39.7 Å². The van der Waals surface area contributed by atoms with Gasteiger partial charge in [-0.2, -0.15) is 0 Å². The minimum atomic E-state index is -0.322. The number of fused-ring (bicyclic) bond motifs is 6. The fourth-order valence-corrected chi connectivity index (χ4v) is 4.63. The van der Waals surface area contributed by atoms with E-state index in [0.29, 0.717) is 56.3 Å². The summed E-state index contributed by atoms with van der Waals surface area (Å²) in [6.07, 6.45) is 2.60. The summed E-state index contributed by atoms with van der Waals surface area (Å²) < 4.78 is 12.7. The average Bonchev–Trinajstić information content (AvgIpc) is 2.83. The summed E-state index contributed by atoms with van der Waals surface area (Å²) in [5, 5.41) is 34.3. The van der Waals surface area contributed by atoms with E-state index in [1.807, 2.05) is 13.0 Å². The molecule has 0 unspecified atom stereocenters. The molecule has 0 saturated heterocycles. The van der Waals surface area contributed by atoms with Crippen molar-refractivity contribution in [1.82, 2.24) is 4.57 Å². The number of benzene rings is 3. The van der Waals surface area contributed by atoms with Gasteiger partial charge in [0.2, 0.25) is 0 Å². The molecule has 7 nitrogen and oxygen atoms in total. The van der Waals surface area contributed by atoms with Gasteiger partial charge in [-0.05, 0) is 63.2 Å². The molecule has 4 rings (SSSR count). The summed E-state index contributed by atoms with van der Waals surface area (Å²) in [7, 11) is 3.03. The summed E-state index contributed by atoms with van der Waals surface area (Å²) in [5.41, 5.74) is 1.46. The zero-order chi connectivity index (χ0) is 23.0. The highest BCUT2D eigenvalue weighted by Crippen LogP contribution is 2.42. The van der Waals surface area contributed by atoms with Crippen molar-refractivity contribution in [1.29, 1.82) is 0 Å². The summed E-state index contributed by atoms with van der Waals surface area (Å²) >= 11 is 0. The van der Waals surface area contributed by atoms with E-state index in [2.05, 4.69) is 0 Å². The molecule has 1 heterocycles. The number of aliphatic hydroxyl groups is 3. The molecule has 0 amide bonds. The highest BCUT2D eigenvalue weighted by molar-refractivity contribution is 6.26. The smallest absolute Gasteiger partial charge is 0.259 e. The molecule has 168 valence electrons. The largest absolute Gasteiger partial charge is 0.496 e. The van der Waals surface area contributed by atoms with Crippen LogP contribution in [0.25, 0.3) is 32.3 Å². The Morgan fingerprint density at radius 2 is 1.44 bits per heavy atom. The van der Waals surface area contributed by atoms with Crippen LogP contribution in [-0.2, 0) is 26.4 Å². The van der Waals surface area contributed by atoms with Crippen LogP contribution in [0.1, 0.15) is 30.0 Å². The Kier molecular flexibility index (Phi) is 6.06. The molecule has 3 aromatic carbocycles. The third-order valence-electron chi connectivity index (χ3n) is 6.09. The predicted molar refractivity (Wildman–Crippen MR) is 124 cm³/mol. The Balaban J connectivity index is 2.37. The number of nitrogens with zero attached hydrogens (tertiary/aromatic N) is 1. The molecule has 0 aliphatic rings. The molecule has 0 spiro atoms. The number of methoxy groups -OCH3 is 2. The van der Waals surface area contributed by atoms with Gasteiger partial charge in [0.1, 0.15) is 11.5 Å². The van der Waals surface area contributed by atoms with Crippen LogP contribution in [-0.4, -0.2) is 34.1 Å². The number of aliphatic hydroxyl groups excluding tert-OH is 3. The molecule has 0 atom stereocenters. The Morgan fingerprint density at radius 3 is 2.03 bits per heavy atom. The van der Waals surface area contributed by atoms with Crippen molar-refractivity contribution in [3.63, 3.8) is 0 Å². The second-order valence-electron chi connectivity index (χ2n) is 7.75. The molecule has 0 aliphatic heterocycles. The first-order valence-electron chi connectivity index (χ1n) is 10.5. The molecule has 4 aromatic rings. The van der Waals surface area contributed by atoms with Gasteiger partial charge in [-0.15, -0.1) is 0 Å². The zero-order valence-electron chi connectivity index (χ0n) is 18.4. The van der Waals surface area contributed by atoms with E-state index in [9.17, 15) is 20.1 Å². The van der Waals surface area contributed by atoms with Crippen LogP contribution in [0, 0.1) is 0 Å². The summed E-state index contributed by atoms with van der Waals surface area (Å²) in [6, 6.07) is 7.26. The Hall–Kier alpha value is -3.13. The topological polar surface area (TPSA) is 101 Å². The first-order valence-corrected chi connectivity index (χ1v) is 10.5. The van der Waals surface area contributed by atoms with Gasteiger partial charge in [0.15, 0.2) is 0 Å². The predicted octanol–water partition coefficient (Wildman–Crippen LogP) is 3.21. The highest BCUT2D eigenvalue weighted by Gasteiger charge is 2.21. The molecule has 0 aliphatic carbocycles. The van der Waals surface area contributed by atoms with Gasteiger partial charge in [0.25, 0.3) is 5.56 Å². The van der Waals surface area contributed by atoms with Crippen molar-refractivity contribution < 1.29 is 24.8 Å². The quantitative estimate of drug-likeness (QED) is 0.384. The van der Waals surface area contributed by atoms with Gasteiger partial charge in [0.05, 0.1) is 39.4 Å². The molecule has 1 aromatic heterocycles. The number of hydrogen-bond acceptors (Lipinski definition) is 6. The van der Waals surface area contributed by atoms with Crippen molar-refractivity contribution in [3.05, 3.63) is 57.5 Å². The second kappa shape index (κ2) is 8.78. The van der Waals surface area contributed by atoms with Gasteiger partial charge < -0.3 is 29.4 Å². The summed E-state index contributed by atoms with van der Waals surface area (Å²) in [5.74, 6) is 0.922. The fourth-order valence-electron chi connectivity index (χ4n) is 4.63. The van der Waals surface area contributed by atoms with Crippen molar-refractivity contribution >= 4 is 32.3 Å². The molecule has 0 saturated carbocycles. The number of aryl methyl sites for hydroxylation is 1. The van der Waals surface area contributed by atoms with E-state index < -0.39 is 0 Å². The normalized spacial score (nSPS) is 11.6. The maximum Gasteiger partial charge on any atom is 0.259 e. The van der Waals surface area contributed by atoms with Gasteiger partial charge in [-0.3, -0.25) is 4.79 Å². The molecule has 7 heteroatoms. The lowest BCUT2D eigenvalue weighted by molar-refractivity contribution is 0.255. The van der Waals surface area contributed by atoms with Gasteiger partial charge in [-0.25, -0.2) is 0 Å². The van der Waals surface area contributed by atoms with Crippen LogP contribution in [0.5, 0.6) is 11.5 Å². The van der Waals surface area contributed by atoms with E-state index in [0.717, 1.165) is 17.2 Å². The summed E-state index contributed by atoms with van der Waals surface area (Å²) in [6.45, 7) is 1.73. The van der Waals surface area contributed by atoms with Gasteiger partial charge in [0, 0.05) is 23.9 Å².